The van der Waals surface area contributed by atoms with Crippen LogP contribution in [0.25, 0.3) is 0 Å². The molecule has 0 aromatic heterocycles. The Morgan fingerprint density at radius 3 is 2.81 bits per heavy atom. The van der Waals surface area contributed by atoms with Crippen molar-refractivity contribution >= 4 is 34.0 Å². The fourth-order valence-electron chi connectivity index (χ4n) is 1.94. The van der Waals surface area contributed by atoms with Crippen LogP contribution >= 0.6 is 15.9 Å². The summed E-state index contributed by atoms with van der Waals surface area (Å²) < 4.78 is 6.16. The maximum absolute atomic E-state index is 12.0. The summed E-state index contributed by atoms with van der Waals surface area (Å²) in [6.45, 7) is -0.0588. The van der Waals surface area contributed by atoms with Gasteiger partial charge in [0.2, 0.25) is 0 Å². The van der Waals surface area contributed by atoms with Crippen LogP contribution in [0.1, 0.15) is 15.9 Å². The van der Waals surface area contributed by atoms with Crippen molar-refractivity contribution in [2.24, 2.45) is 5.10 Å². The molecule has 0 aliphatic carbocycles. The highest BCUT2D eigenvalue weighted by Crippen LogP contribution is 2.15. The largest absolute Gasteiger partial charge is 0.480 e. The van der Waals surface area contributed by atoms with Crippen molar-refractivity contribution < 1.29 is 14.3 Å². The van der Waals surface area contributed by atoms with Gasteiger partial charge in [-0.1, -0.05) is 40.0 Å². The molecule has 2 N–H and O–H groups in total. The fraction of sp³-hybridized carbons (Fsp3) is 0.105. The first-order chi connectivity index (χ1) is 12.6. The SMILES string of the molecule is C#CCOc1ccccc1/C=N/NC(=O)CNC(=O)c1cccc(Br)c1. The number of ether oxygens (including phenoxy) is 1. The number of rotatable bonds is 7. The zero-order chi connectivity index (χ0) is 18.8. The lowest BCUT2D eigenvalue weighted by molar-refractivity contribution is -0.120. The van der Waals surface area contributed by atoms with Gasteiger partial charge in [-0.15, -0.1) is 6.42 Å². The fourth-order valence-corrected chi connectivity index (χ4v) is 2.34. The van der Waals surface area contributed by atoms with E-state index < -0.39 is 5.91 Å². The van der Waals surface area contributed by atoms with Crippen LogP contribution in [0.5, 0.6) is 5.75 Å². The summed E-state index contributed by atoms with van der Waals surface area (Å²) in [4.78, 5) is 23.7. The Morgan fingerprint density at radius 2 is 2.04 bits per heavy atom. The minimum Gasteiger partial charge on any atom is -0.480 e. The van der Waals surface area contributed by atoms with Gasteiger partial charge in [-0.2, -0.15) is 5.10 Å². The van der Waals surface area contributed by atoms with Gasteiger partial charge in [0.25, 0.3) is 11.8 Å². The van der Waals surface area contributed by atoms with E-state index in [1.165, 1.54) is 6.21 Å². The highest BCUT2D eigenvalue weighted by molar-refractivity contribution is 9.10. The molecule has 2 aromatic rings. The van der Waals surface area contributed by atoms with Gasteiger partial charge in [0.1, 0.15) is 12.4 Å². The van der Waals surface area contributed by atoms with E-state index in [9.17, 15) is 9.59 Å². The quantitative estimate of drug-likeness (QED) is 0.415. The molecule has 0 atom stereocenters. The monoisotopic (exact) mass is 413 g/mol. The van der Waals surface area contributed by atoms with Crippen molar-refractivity contribution in [1.82, 2.24) is 10.7 Å². The summed E-state index contributed by atoms with van der Waals surface area (Å²) in [5.41, 5.74) is 3.47. The molecule has 0 spiro atoms. The van der Waals surface area contributed by atoms with Gasteiger partial charge in [-0.3, -0.25) is 9.59 Å². The smallest absolute Gasteiger partial charge is 0.259 e. The van der Waals surface area contributed by atoms with Gasteiger partial charge in [0, 0.05) is 15.6 Å². The van der Waals surface area contributed by atoms with E-state index >= 15 is 0 Å². The minimum atomic E-state index is -0.452. The molecule has 0 unspecified atom stereocenters. The number of hydrazone groups is 1. The molecule has 0 fully saturated rings. The topological polar surface area (TPSA) is 79.8 Å². The van der Waals surface area contributed by atoms with E-state index in [4.69, 9.17) is 11.2 Å². The second-order valence-corrected chi connectivity index (χ2v) is 5.93. The van der Waals surface area contributed by atoms with E-state index in [1.807, 2.05) is 12.1 Å². The van der Waals surface area contributed by atoms with E-state index in [-0.39, 0.29) is 19.1 Å². The number of hydrogen-bond donors (Lipinski definition) is 2. The number of hydrogen-bond acceptors (Lipinski definition) is 4. The van der Waals surface area contributed by atoms with Gasteiger partial charge in [0.15, 0.2) is 0 Å². The average Bonchev–Trinajstić information content (AvgIpc) is 2.65. The standard InChI is InChI=1S/C19H16BrN3O3/c1-2-10-26-17-9-4-3-6-15(17)12-22-23-18(24)13-21-19(25)14-7-5-8-16(20)11-14/h1,3-9,11-12H,10,13H2,(H,21,25)(H,23,24)/b22-12+. The van der Waals surface area contributed by atoms with Crippen LogP contribution in [-0.2, 0) is 4.79 Å². The van der Waals surface area contributed by atoms with Crippen molar-refractivity contribution in [1.29, 1.82) is 0 Å². The lowest BCUT2D eigenvalue weighted by Gasteiger charge is -2.06. The Morgan fingerprint density at radius 1 is 1.23 bits per heavy atom. The molecule has 2 rings (SSSR count). The molecule has 7 heteroatoms. The number of benzene rings is 2. The molecular formula is C19H16BrN3O3. The zero-order valence-electron chi connectivity index (χ0n) is 13.7. The first-order valence-electron chi connectivity index (χ1n) is 7.61. The highest BCUT2D eigenvalue weighted by Gasteiger charge is 2.08. The molecule has 132 valence electrons. The maximum atomic E-state index is 12.0. The van der Waals surface area contributed by atoms with Gasteiger partial charge < -0.3 is 10.1 Å². The predicted octanol–water partition coefficient (Wildman–Crippen LogP) is 2.34. The van der Waals surface area contributed by atoms with E-state index in [0.717, 1.165) is 4.47 Å². The average molecular weight is 414 g/mol. The zero-order valence-corrected chi connectivity index (χ0v) is 15.3. The molecule has 0 saturated heterocycles. The summed E-state index contributed by atoms with van der Waals surface area (Å²) in [5, 5.41) is 6.38. The maximum Gasteiger partial charge on any atom is 0.259 e. The molecule has 26 heavy (non-hydrogen) atoms. The summed E-state index contributed by atoms with van der Waals surface area (Å²) in [7, 11) is 0. The van der Waals surface area contributed by atoms with E-state index in [0.29, 0.717) is 16.9 Å². The number of nitrogens with zero attached hydrogens (tertiary/aromatic N) is 1. The summed E-state index contributed by atoms with van der Waals surface area (Å²) in [5.74, 6) is 2.14. The molecule has 0 heterocycles. The van der Waals surface area contributed by atoms with Gasteiger partial charge >= 0.3 is 0 Å². The second-order valence-electron chi connectivity index (χ2n) is 5.02. The van der Waals surface area contributed by atoms with Crippen molar-refractivity contribution in [3.8, 4) is 18.1 Å². The van der Waals surface area contributed by atoms with E-state index in [2.05, 4.69) is 37.7 Å². The Bertz CT molecular complexity index is 859. The number of nitrogens with one attached hydrogen (secondary N) is 2. The number of terminal acetylenes is 1. The molecule has 2 aromatic carbocycles. The number of carbonyl (C=O) groups excluding carboxylic acids is 2. The molecule has 0 aliphatic rings. The van der Waals surface area contributed by atoms with E-state index in [1.54, 1.807) is 36.4 Å². The van der Waals surface area contributed by atoms with Crippen molar-refractivity contribution in [2.75, 3.05) is 13.2 Å². The van der Waals surface area contributed by atoms with Crippen LogP contribution in [0, 0.1) is 12.3 Å². The second kappa shape index (κ2) is 10.0. The Hall–Kier alpha value is -3.11. The Balaban J connectivity index is 1.84. The lowest BCUT2D eigenvalue weighted by Crippen LogP contribution is -2.34. The summed E-state index contributed by atoms with van der Waals surface area (Å²) in [6.07, 6.45) is 6.62. The van der Waals surface area contributed by atoms with Crippen LogP contribution in [-0.4, -0.2) is 31.2 Å². The molecule has 6 nitrogen and oxygen atoms in total. The van der Waals surface area contributed by atoms with Crippen molar-refractivity contribution in [3.63, 3.8) is 0 Å². The minimum absolute atomic E-state index is 0.138. The van der Waals surface area contributed by atoms with Gasteiger partial charge in [-0.05, 0) is 30.3 Å². The van der Waals surface area contributed by atoms with Crippen LogP contribution in [0.4, 0.5) is 0 Å². The normalized spacial score (nSPS) is 10.2. The van der Waals surface area contributed by atoms with Crippen LogP contribution in [0.3, 0.4) is 0 Å². The third kappa shape index (κ3) is 6.07. The number of para-hydroxylation sites is 1. The van der Waals surface area contributed by atoms with Crippen molar-refractivity contribution in [2.45, 2.75) is 0 Å². The Labute approximate surface area is 159 Å². The van der Waals surface area contributed by atoms with Crippen LogP contribution < -0.4 is 15.5 Å². The number of halogens is 1. The first-order valence-corrected chi connectivity index (χ1v) is 8.40. The first kappa shape index (κ1) is 19.2. The van der Waals surface area contributed by atoms with Crippen LogP contribution in [0.2, 0.25) is 0 Å². The third-order valence-electron chi connectivity index (χ3n) is 3.12. The molecular weight excluding hydrogens is 398 g/mol. The van der Waals surface area contributed by atoms with Gasteiger partial charge in [0.05, 0.1) is 12.8 Å². The molecule has 2 amide bonds. The number of amides is 2. The molecule has 0 radical (unpaired) electrons. The highest BCUT2D eigenvalue weighted by atomic mass is 79.9. The third-order valence-corrected chi connectivity index (χ3v) is 3.61. The summed E-state index contributed by atoms with van der Waals surface area (Å²) in [6, 6.07) is 14.0. The Kier molecular flexibility index (Phi) is 7.40. The van der Waals surface area contributed by atoms with Crippen molar-refractivity contribution in [3.05, 3.63) is 64.1 Å². The molecule has 0 aliphatic heterocycles. The molecule has 0 bridgehead atoms. The number of carbonyl (C=O) groups is 2. The van der Waals surface area contributed by atoms with Gasteiger partial charge in [-0.25, -0.2) is 5.43 Å². The lowest BCUT2D eigenvalue weighted by atomic mass is 10.2. The van der Waals surface area contributed by atoms with Crippen LogP contribution in [0.15, 0.2) is 58.1 Å². The summed E-state index contributed by atoms with van der Waals surface area (Å²) >= 11 is 3.29. The predicted molar refractivity (Wildman–Crippen MR) is 103 cm³/mol. The molecule has 0 saturated carbocycles.